The first kappa shape index (κ1) is 51.2. The predicted octanol–water partition coefficient (Wildman–Crippen LogP) is 11.8. The molecule has 0 rings (SSSR count). The maximum Gasteiger partial charge on any atom is 0.472 e. The molecule has 0 spiro atoms. The average Bonchev–Trinajstić information content (AvgIpc) is 3.14. The van der Waals surface area contributed by atoms with Crippen molar-refractivity contribution in [1.82, 2.24) is 5.32 Å². The number of nitrogens with one attached hydrogen (secondary N) is 1. The molecule has 0 saturated heterocycles. The molecule has 0 radical (unpaired) electrons. The van der Waals surface area contributed by atoms with E-state index in [9.17, 15) is 24.2 Å². The number of unbranched alkanes of at least 4 members (excludes halogenated alkanes) is 21. The minimum Gasteiger partial charge on any atom is -0.463 e. The van der Waals surface area contributed by atoms with E-state index in [1.54, 1.807) is 0 Å². The number of esters is 1. The molecule has 0 heterocycles. The van der Waals surface area contributed by atoms with E-state index >= 15 is 0 Å². The van der Waals surface area contributed by atoms with Crippen molar-refractivity contribution in [3.05, 3.63) is 36.5 Å². The number of aliphatic hydroxyl groups is 1. The number of amides is 1. The fourth-order valence-electron chi connectivity index (χ4n) is 5.80. The first-order valence-corrected chi connectivity index (χ1v) is 23.0. The van der Waals surface area contributed by atoms with Gasteiger partial charge in [0.25, 0.3) is 0 Å². The third-order valence-corrected chi connectivity index (χ3v) is 10.1. The van der Waals surface area contributed by atoms with Crippen LogP contribution < -0.4 is 5.32 Å². The lowest BCUT2D eigenvalue weighted by molar-refractivity contribution is -0.147. The third kappa shape index (κ3) is 41.2. The smallest absolute Gasteiger partial charge is 0.463 e. The van der Waals surface area contributed by atoms with Crippen molar-refractivity contribution in [3.63, 3.8) is 0 Å². The molecule has 0 aliphatic carbocycles. The number of allylic oxidation sites excluding steroid dienone is 6. The maximum atomic E-state index is 12.1. The Morgan fingerprint density at radius 2 is 1.02 bits per heavy atom. The van der Waals surface area contributed by atoms with Crippen LogP contribution in [0, 0.1) is 0 Å². The van der Waals surface area contributed by atoms with Crippen LogP contribution in [-0.2, 0) is 27.9 Å². The first-order valence-electron chi connectivity index (χ1n) is 21.5. The minimum absolute atomic E-state index is 0.0781. The van der Waals surface area contributed by atoms with Gasteiger partial charge in [-0.25, -0.2) is 4.57 Å². The Morgan fingerprint density at radius 3 is 1.57 bits per heavy atom. The Balaban J connectivity index is 3.60. The topological polar surface area (TPSA) is 131 Å². The Labute approximate surface area is 324 Å². The molecule has 53 heavy (non-hydrogen) atoms. The molecule has 0 aromatic rings. The van der Waals surface area contributed by atoms with E-state index in [0.717, 1.165) is 57.8 Å². The molecule has 0 aliphatic rings. The number of aliphatic hydroxyl groups excluding tert-OH is 1. The zero-order chi connectivity index (χ0) is 38.9. The normalized spacial score (nSPS) is 13.7. The average molecular weight is 770 g/mol. The molecular formula is C43H80NO8P. The summed E-state index contributed by atoms with van der Waals surface area (Å²) in [5.41, 5.74) is 0. The molecule has 2 unspecified atom stereocenters. The number of rotatable bonds is 40. The summed E-state index contributed by atoms with van der Waals surface area (Å²) in [5.74, 6) is -0.522. The van der Waals surface area contributed by atoms with Crippen LogP contribution in [0.3, 0.4) is 0 Å². The molecule has 9 nitrogen and oxygen atoms in total. The number of hydrogen-bond acceptors (Lipinski definition) is 7. The van der Waals surface area contributed by atoms with Crippen LogP contribution in [-0.4, -0.2) is 54.3 Å². The van der Waals surface area contributed by atoms with Crippen LogP contribution in [0.4, 0.5) is 0 Å². The molecular weight excluding hydrogens is 689 g/mol. The van der Waals surface area contributed by atoms with E-state index in [1.165, 1.54) is 109 Å². The zero-order valence-corrected chi connectivity index (χ0v) is 34.9. The van der Waals surface area contributed by atoms with Gasteiger partial charge in [-0.2, -0.15) is 0 Å². The second-order valence-corrected chi connectivity index (χ2v) is 15.8. The second kappa shape index (κ2) is 39.9. The largest absolute Gasteiger partial charge is 0.472 e. The molecule has 1 amide bonds. The maximum absolute atomic E-state index is 12.1. The Kier molecular flexibility index (Phi) is 38.6. The van der Waals surface area contributed by atoms with Crippen molar-refractivity contribution in [2.45, 2.75) is 200 Å². The summed E-state index contributed by atoms with van der Waals surface area (Å²) in [6, 6.07) is 0. The van der Waals surface area contributed by atoms with Gasteiger partial charge in [-0.05, 0) is 51.4 Å². The second-order valence-electron chi connectivity index (χ2n) is 14.3. The van der Waals surface area contributed by atoms with Crippen LogP contribution in [0.2, 0.25) is 0 Å². The summed E-state index contributed by atoms with van der Waals surface area (Å²) in [5, 5.41) is 12.7. The number of ether oxygens (including phenoxy) is 1. The van der Waals surface area contributed by atoms with E-state index in [4.69, 9.17) is 13.8 Å². The van der Waals surface area contributed by atoms with Crippen LogP contribution >= 0.6 is 7.82 Å². The quantitative estimate of drug-likeness (QED) is 0.0243. The van der Waals surface area contributed by atoms with Crippen LogP contribution in [0.5, 0.6) is 0 Å². The lowest BCUT2D eigenvalue weighted by Crippen LogP contribution is -2.27. The Hall–Kier alpha value is -1.77. The highest BCUT2D eigenvalue weighted by molar-refractivity contribution is 7.47. The van der Waals surface area contributed by atoms with Gasteiger partial charge in [0.15, 0.2) is 0 Å². The SMILES string of the molecule is CCCCC/C=C\C/C=C\C/C=C\CCCCCCCCCCC(=O)NCCOP(=O)(O)OCC(O)COC(=O)CCCCCCCCCCCCC. The van der Waals surface area contributed by atoms with Crippen LogP contribution in [0.1, 0.15) is 194 Å². The van der Waals surface area contributed by atoms with Crippen LogP contribution in [0.15, 0.2) is 36.5 Å². The van der Waals surface area contributed by atoms with E-state index < -0.39 is 26.5 Å². The summed E-state index contributed by atoms with van der Waals surface area (Å²) in [6.45, 7) is 3.51. The van der Waals surface area contributed by atoms with Crippen molar-refractivity contribution >= 4 is 19.7 Å². The van der Waals surface area contributed by atoms with Gasteiger partial charge in [0.1, 0.15) is 12.7 Å². The molecule has 0 bridgehead atoms. The van der Waals surface area contributed by atoms with E-state index in [0.29, 0.717) is 6.42 Å². The highest BCUT2D eigenvalue weighted by Crippen LogP contribution is 2.42. The van der Waals surface area contributed by atoms with Gasteiger partial charge in [0, 0.05) is 19.4 Å². The van der Waals surface area contributed by atoms with Crippen molar-refractivity contribution in [2.75, 3.05) is 26.4 Å². The molecule has 10 heteroatoms. The molecule has 0 aromatic heterocycles. The number of phosphoric ester groups is 1. The minimum atomic E-state index is -4.41. The van der Waals surface area contributed by atoms with Crippen molar-refractivity contribution in [2.24, 2.45) is 0 Å². The Morgan fingerprint density at radius 1 is 0.585 bits per heavy atom. The number of carbonyl (C=O) groups is 2. The predicted molar refractivity (Wildman–Crippen MR) is 220 cm³/mol. The fraction of sp³-hybridized carbons (Fsp3) is 0.814. The van der Waals surface area contributed by atoms with E-state index in [2.05, 4.69) is 55.6 Å². The van der Waals surface area contributed by atoms with Gasteiger partial charge in [0.05, 0.1) is 13.2 Å². The standard InChI is InChI=1S/C43H80NO8P/c1-3-5-7-9-11-13-15-16-17-18-19-20-21-22-23-24-26-27-29-31-33-35-42(46)44-37-38-51-53(48,49)52-40-41(45)39-50-43(47)36-34-32-30-28-25-14-12-10-8-6-4-2/h11,13,16-17,19-20,41,45H,3-10,12,14-15,18,21-40H2,1-2H3,(H,44,46)(H,48,49)/b13-11-,17-16-,20-19-. The highest BCUT2D eigenvalue weighted by Gasteiger charge is 2.23. The highest BCUT2D eigenvalue weighted by atomic mass is 31.2. The fourth-order valence-corrected chi connectivity index (χ4v) is 6.56. The summed E-state index contributed by atoms with van der Waals surface area (Å²) < 4.78 is 26.8. The molecule has 0 fully saturated rings. The van der Waals surface area contributed by atoms with Gasteiger partial charge in [-0.1, -0.05) is 166 Å². The number of carbonyl (C=O) groups excluding carboxylic acids is 2. The molecule has 3 N–H and O–H groups in total. The van der Waals surface area contributed by atoms with Crippen molar-refractivity contribution < 1.29 is 37.9 Å². The lowest BCUT2D eigenvalue weighted by Gasteiger charge is -2.15. The van der Waals surface area contributed by atoms with Gasteiger partial charge >= 0.3 is 13.8 Å². The van der Waals surface area contributed by atoms with Crippen molar-refractivity contribution in [1.29, 1.82) is 0 Å². The molecule has 310 valence electrons. The zero-order valence-electron chi connectivity index (χ0n) is 34.0. The van der Waals surface area contributed by atoms with Gasteiger partial charge < -0.3 is 20.1 Å². The number of phosphoric acid groups is 1. The summed E-state index contributed by atoms with van der Waals surface area (Å²) in [4.78, 5) is 33.8. The van der Waals surface area contributed by atoms with E-state index in [-0.39, 0.29) is 32.1 Å². The Bertz CT molecular complexity index is 970. The lowest BCUT2D eigenvalue weighted by atomic mass is 10.1. The molecule has 0 aromatic carbocycles. The molecule has 2 atom stereocenters. The summed E-state index contributed by atoms with van der Waals surface area (Å²) >= 11 is 0. The molecule has 0 saturated carbocycles. The summed E-state index contributed by atoms with van der Waals surface area (Å²) in [6.07, 6.45) is 43.6. The van der Waals surface area contributed by atoms with Gasteiger partial charge in [-0.3, -0.25) is 18.6 Å². The monoisotopic (exact) mass is 770 g/mol. The van der Waals surface area contributed by atoms with Crippen LogP contribution in [0.25, 0.3) is 0 Å². The molecule has 0 aliphatic heterocycles. The van der Waals surface area contributed by atoms with Gasteiger partial charge in [0.2, 0.25) is 5.91 Å². The van der Waals surface area contributed by atoms with E-state index in [1.807, 2.05) is 0 Å². The third-order valence-electron chi connectivity index (χ3n) is 9.07. The van der Waals surface area contributed by atoms with Gasteiger partial charge in [-0.15, -0.1) is 0 Å². The van der Waals surface area contributed by atoms with Crippen molar-refractivity contribution in [3.8, 4) is 0 Å². The first-order chi connectivity index (χ1) is 25.8. The number of hydrogen-bond donors (Lipinski definition) is 3. The summed E-state index contributed by atoms with van der Waals surface area (Å²) in [7, 11) is -4.41.